The first-order valence-corrected chi connectivity index (χ1v) is 7.54. The highest BCUT2D eigenvalue weighted by molar-refractivity contribution is 7.16. The van der Waals surface area contributed by atoms with Crippen LogP contribution in [-0.2, 0) is 0 Å². The minimum atomic E-state index is 0.669. The van der Waals surface area contributed by atoms with Gasteiger partial charge in [-0.1, -0.05) is 11.8 Å². The molecule has 1 saturated heterocycles. The molecule has 0 radical (unpaired) electrons. The molecule has 1 fully saturated rings. The summed E-state index contributed by atoms with van der Waals surface area (Å²) in [7, 11) is 0. The molecule has 0 atom stereocenters. The van der Waals surface area contributed by atoms with Crippen molar-refractivity contribution < 1.29 is 0 Å². The van der Waals surface area contributed by atoms with Gasteiger partial charge in [0, 0.05) is 18.7 Å². The van der Waals surface area contributed by atoms with E-state index in [0.717, 1.165) is 10.4 Å². The van der Waals surface area contributed by atoms with E-state index in [1.807, 2.05) is 12.1 Å². The molecule has 1 aromatic heterocycles. The number of thiophene rings is 1. The van der Waals surface area contributed by atoms with Gasteiger partial charge in [0.25, 0.3) is 0 Å². The standard InChI is InChI=1S/C17H14N2S/c18-13-15-5-3-14(4-6-15)7-8-16-9-10-17(20-16)19-11-1-2-12-19/h3-6,9-10H,1-2,11-12H2. The van der Waals surface area contributed by atoms with E-state index in [1.165, 1.54) is 30.9 Å². The molecule has 2 aromatic rings. The van der Waals surface area contributed by atoms with Gasteiger partial charge in [-0.05, 0) is 49.2 Å². The number of anilines is 1. The second-order valence-electron chi connectivity index (χ2n) is 4.77. The van der Waals surface area contributed by atoms with Crippen molar-refractivity contribution in [3.05, 3.63) is 52.4 Å². The Labute approximate surface area is 123 Å². The maximum atomic E-state index is 8.75. The maximum absolute atomic E-state index is 8.75. The van der Waals surface area contributed by atoms with Gasteiger partial charge >= 0.3 is 0 Å². The lowest BCUT2D eigenvalue weighted by atomic mass is 10.1. The van der Waals surface area contributed by atoms with E-state index >= 15 is 0 Å². The van der Waals surface area contributed by atoms with Crippen molar-refractivity contribution in [3.8, 4) is 17.9 Å². The van der Waals surface area contributed by atoms with E-state index in [4.69, 9.17) is 5.26 Å². The van der Waals surface area contributed by atoms with Gasteiger partial charge in [-0.25, -0.2) is 0 Å². The van der Waals surface area contributed by atoms with Crippen LogP contribution in [0.1, 0.15) is 28.8 Å². The summed E-state index contributed by atoms with van der Waals surface area (Å²) in [6, 6.07) is 13.7. The van der Waals surface area contributed by atoms with E-state index < -0.39 is 0 Å². The number of benzene rings is 1. The molecule has 0 aliphatic carbocycles. The van der Waals surface area contributed by atoms with Gasteiger partial charge < -0.3 is 4.90 Å². The topological polar surface area (TPSA) is 27.0 Å². The van der Waals surface area contributed by atoms with Crippen LogP contribution in [0.4, 0.5) is 5.00 Å². The Kier molecular flexibility index (Phi) is 3.72. The molecular weight excluding hydrogens is 264 g/mol. The van der Waals surface area contributed by atoms with Crippen LogP contribution in [-0.4, -0.2) is 13.1 Å². The minimum Gasteiger partial charge on any atom is -0.363 e. The zero-order chi connectivity index (χ0) is 13.8. The third-order valence-electron chi connectivity index (χ3n) is 3.35. The quantitative estimate of drug-likeness (QED) is 0.745. The van der Waals surface area contributed by atoms with Gasteiger partial charge in [0.2, 0.25) is 0 Å². The molecule has 1 aromatic carbocycles. The van der Waals surface area contributed by atoms with Crippen LogP contribution in [0.3, 0.4) is 0 Å². The Bertz CT molecular complexity index is 689. The Balaban J connectivity index is 1.74. The van der Waals surface area contributed by atoms with Crippen molar-refractivity contribution >= 4 is 16.3 Å². The molecule has 0 unspecified atom stereocenters. The van der Waals surface area contributed by atoms with E-state index in [-0.39, 0.29) is 0 Å². The van der Waals surface area contributed by atoms with Crippen molar-refractivity contribution in [1.29, 1.82) is 5.26 Å². The summed E-state index contributed by atoms with van der Waals surface area (Å²) in [5.74, 6) is 6.35. The fraction of sp³-hybridized carbons (Fsp3) is 0.235. The van der Waals surface area contributed by atoms with Crippen molar-refractivity contribution in [2.75, 3.05) is 18.0 Å². The Morgan fingerprint density at radius 1 is 0.900 bits per heavy atom. The lowest BCUT2D eigenvalue weighted by Crippen LogP contribution is -2.15. The van der Waals surface area contributed by atoms with Crippen LogP contribution in [0.25, 0.3) is 0 Å². The SMILES string of the molecule is N#Cc1ccc(C#Cc2ccc(N3CCCC3)s2)cc1. The molecule has 98 valence electrons. The summed E-state index contributed by atoms with van der Waals surface area (Å²) in [5.41, 5.74) is 1.61. The van der Waals surface area contributed by atoms with E-state index in [9.17, 15) is 0 Å². The normalized spacial score (nSPS) is 13.7. The number of hydrogen-bond donors (Lipinski definition) is 0. The van der Waals surface area contributed by atoms with Crippen LogP contribution in [0, 0.1) is 23.2 Å². The molecular formula is C17H14N2S. The van der Waals surface area contributed by atoms with Gasteiger partial charge in [-0.2, -0.15) is 5.26 Å². The predicted molar refractivity (Wildman–Crippen MR) is 82.9 cm³/mol. The summed E-state index contributed by atoms with van der Waals surface area (Å²) in [4.78, 5) is 3.52. The predicted octanol–water partition coefficient (Wildman–Crippen LogP) is 3.62. The summed E-state index contributed by atoms with van der Waals surface area (Å²) in [5, 5.41) is 10.1. The van der Waals surface area contributed by atoms with Gasteiger partial charge in [0.05, 0.1) is 21.5 Å². The molecule has 2 nitrogen and oxygen atoms in total. The van der Waals surface area contributed by atoms with Crippen LogP contribution in [0.2, 0.25) is 0 Å². The maximum Gasteiger partial charge on any atom is 0.0991 e. The molecule has 2 heterocycles. The van der Waals surface area contributed by atoms with Crippen molar-refractivity contribution in [1.82, 2.24) is 0 Å². The Morgan fingerprint density at radius 3 is 2.30 bits per heavy atom. The third-order valence-corrected chi connectivity index (χ3v) is 4.42. The summed E-state index contributed by atoms with van der Waals surface area (Å²) < 4.78 is 0. The number of nitriles is 1. The first-order valence-electron chi connectivity index (χ1n) is 6.72. The average Bonchev–Trinajstić information content (AvgIpc) is 3.16. The zero-order valence-corrected chi connectivity index (χ0v) is 11.9. The van der Waals surface area contributed by atoms with Gasteiger partial charge in [-0.3, -0.25) is 0 Å². The largest absolute Gasteiger partial charge is 0.363 e. The van der Waals surface area contributed by atoms with Crippen molar-refractivity contribution in [2.24, 2.45) is 0 Å². The molecule has 0 spiro atoms. The lowest BCUT2D eigenvalue weighted by molar-refractivity contribution is 0.949. The van der Waals surface area contributed by atoms with Gasteiger partial charge in [0.1, 0.15) is 0 Å². The van der Waals surface area contributed by atoms with Crippen LogP contribution in [0.15, 0.2) is 36.4 Å². The number of rotatable bonds is 1. The summed E-state index contributed by atoms with van der Waals surface area (Å²) >= 11 is 1.76. The molecule has 20 heavy (non-hydrogen) atoms. The fourth-order valence-corrected chi connectivity index (χ4v) is 3.18. The highest BCUT2D eigenvalue weighted by Crippen LogP contribution is 2.28. The number of nitrogens with zero attached hydrogens (tertiary/aromatic N) is 2. The molecule has 1 aliphatic heterocycles. The molecule has 3 rings (SSSR count). The third kappa shape index (κ3) is 2.85. The second-order valence-corrected chi connectivity index (χ2v) is 5.83. The second kappa shape index (κ2) is 5.82. The van der Waals surface area contributed by atoms with E-state index in [1.54, 1.807) is 23.5 Å². The highest BCUT2D eigenvalue weighted by Gasteiger charge is 2.13. The Hall–Kier alpha value is -2.23. The van der Waals surface area contributed by atoms with Crippen LogP contribution >= 0.6 is 11.3 Å². The average molecular weight is 278 g/mol. The van der Waals surface area contributed by atoms with E-state index in [0.29, 0.717) is 5.56 Å². The van der Waals surface area contributed by atoms with Crippen molar-refractivity contribution in [2.45, 2.75) is 12.8 Å². The van der Waals surface area contributed by atoms with Gasteiger partial charge in [0.15, 0.2) is 0 Å². The number of hydrogen-bond acceptors (Lipinski definition) is 3. The monoisotopic (exact) mass is 278 g/mol. The lowest BCUT2D eigenvalue weighted by Gasteiger charge is -2.13. The van der Waals surface area contributed by atoms with Gasteiger partial charge in [-0.15, -0.1) is 11.3 Å². The molecule has 0 bridgehead atoms. The molecule has 0 amide bonds. The van der Waals surface area contributed by atoms with Crippen molar-refractivity contribution in [3.63, 3.8) is 0 Å². The summed E-state index contributed by atoms with van der Waals surface area (Å²) in [6.45, 7) is 2.34. The highest BCUT2D eigenvalue weighted by atomic mass is 32.1. The Morgan fingerprint density at radius 2 is 1.60 bits per heavy atom. The molecule has 0 saturated carbocycles. The molecule has 1 aliphatic rings. The van der Waals surface area contributed by atoms with Crippen LogP contribution in [0.5, 0.6) is 0 Å². The fourth-order valence-electron chi connectivity index (χ4n) is 2.26. The minimum absolute atomic E-state index is 0.669. The smallest absolute Gasteiger partial charge is 0.0991 e. The first kappa shape index (κ1) is 12.8. The summed E-state index contributed by atoms with van der Waals surface area (Å²) in [6.07, 6.45) is 2.59. The molecule has 0 N–H and O–H groups in total. The first-order chi connectivity index (χ1) is 9.85. The van der Waals surface area contributed by atoms with E-state index in [2.05, 4.69) is 34.9 Å². The van der Waals surface area contributed by atoms with Crippen LogP contribution < -0.4 is 4.90 Å². The molecule has 3 heteroatoms. The zero-order valence-electron chi connectivity index (χ0n) is 11.1.